The molecule has 0 aliphatic carbocycles. The topological polar surface area (TPSA) is 29.9 Å². The summed E-state index contributed by atoms with van der Waals surface area (Å²) in [5, 5.41) is 3.39. The highest BCUT2D eigenvalue weighted by Crippen LogP contribution is 2.00. The van der Waals surface area contributed by atoms with Gasteiger partial charge in [-0.05, 0) is 13.5 Å². The van der Waals surface area contributed by atoms with Crippen molar-refractivity contribution in [3.63, 3.8) is 0 Å². The van der Waals surface area contributed by atoms with Crippen LogP contribution in [0.5, 0.6) is 0 Å². The molecule has 74 valence electrons. The molecule has 13 heavy (non-hydrogen) atoms. The molecule has 0 bridgehead atoms. The van der Waals surface area contributed by atoms with Crippen LogP contribution in [-0.2, 0) is 13.0 Å². The van der Waals surface area contributed by atoms with E-state index in [0.29, 0.717) is 6.04 Å². The van der Waals surface area contributed by atoms with Crippen LogP contribution < -0.4 is 5.32 Å². The van der Waals surface area contributed by atoms with Crippen molar-refractivity contribution in [2.75, 3.05) is 6.54 Å². The van der Waals surface area contributed by atoms with Crippen molar-refractivity contribution in [2.24, 2.45) is 0 Å². The normalized spacial score (nSPS) is 13.2. The number of hydrogen-bond donors (Lipinski definition) is 1. The summed E-state index contributed by atoms with van der Waals surface area (Å²) in [5.41, 5.74) is 0. The molecule has 3 heteroatoms. The Balaban J connectivity index is 2.52. The number of likely N-dealkylation sites (N-methyl/N-ethyl adjacent to an activating group) is 1. The van der Waals surface area contributed by atoms with E-state index in [0.717, 1.165) is 19.5 Å². The lowest BCUT2D eigenvalue weighted by Gasteiger charge is -2.14. The van der Waals surface area contributed by atoms with E-state index >= 15 is 0 Å². The number of imidazole rings is 1. The van der Waals surface area contributed by atoms with E-state index in [1.807, 2.05) is 12.4 Å². The molecule has 1 aromatic heterocycles. The number of hydrogen-bond acceptors (Lipinski definition) is 2. The molecule has 0 aliphatic rings. The summed E-state index contributed by atoms with van der Waals surface area (Å²) in [6.07, 6.45) is 4.93. The van der Waals surface area contributed by atoms with Gasteiger partial charge in [-0.3, -0.25) is 0 Å². The Hall–Kier alpha value is -0.830. The van der Waals surface area contributed by atoms with Crippen LogP contribution in [0.15, 0.2) is 12.4 Å². The standard InChI is InChI=1S/C10H19N3/c1-4-10-12-6-7-13(10)8-9(3)11-5-2/h6-7,9,11H,4-5,8H2,1-3H3. The Kier molecular flexibility index (Phi) is 3.96. The third-order valence-electron chi connectivity index (χ3n) is 2.14. The van der Waals surface area contributed by atoms with Crippen LogP contribution in [-0.4, -0.2) is 22.1 Å². The molecule has 0 spiro atoms. The van der Waals surface area contributed by atoms with Crippen LogP contribution in [0, 0.1) is 0 Å². The highest BCUT2D eigenvalue weighted by atomic mass is 15.1. The smallest absolute Gasteiger partial charge is 0.108 e. The first-order valence-electron chi connectivity index (χ1n) is 5.01. The maximum atomic E-state index is 4.28. The van der Waals surface area contributed by atoms with E-state index in [4.69, 9.17) is 0 Å². The number of nitrogens with one attached hydrogen (secondary N) is 1. The molecular formula is C10H19N3. The minimum absolute atomic E-state index is 0.518. The van der Waals surface area contributed by atoms with Crippen molar-refractivity contribution < 1.29 is 0 Å². The first-order chi connectivity index (χ1) is 6.27. The lowest BCUT2D eigenvalue weighted by molar-refractivity contribution is 0.480. The van der Waals surface area contributed by atoms with Gasteiger partial charge < -0.3 is 9.88 Å². The summed E-state index contributed by atoms with van der Waals surface area (Å²) in [6.45, 7) is 8.50. The Labute approximate surface area is 80.2 Å². The highest BCUT2D eigenvalue weighted by molar-refractivity contribution is 4.92. The van der Waals surface area contributed by atoms with Gasteiger partial charge in [-0.15, -0.1) is 0 Å². The van der Waals surface area contributed by atoms with E-state index in [1.165, 1.54) is 5.82 Å². The molecular weight excluding hydrogens is 162 g/mol. The lowest BCUT2D eigenvalue weighted by atomic mass is 10.3. The van der Waals surface area contributed by atoms with Gasteiger partial charge in [-0.2, -0.15) is 0 Å². The van der Waals surface area contributed by atoms with Crippen LogP contribution in [0.1, 0.15) is 26.6 Å². The van der Waals surface area contributed by atoms with Gasteiger partial charge in [0.1, 0.15) is 5.82 Å². The van der Waals surface area contributed by atoms with Gasteiger partial charge in [0, 0.05) is 31.4 Å². The second-order valence-corrected chi connectivity index (χ2v) is 3.31. The van der Waals surface area contributed by atoms with Crippen molar-refractivity contribution in [1.82, 2.24) is 14.9 Å². The van der Waals surface area contributed by atoms with Crippen LogP contribution >= 0.6 is 0 Å². The number of rotatable bonds is 5. The summed E-state index contributed by atoms with van der Waals surface area (Å²) in [4.78, 5) is 4.28. The molecule has 0 fully saturated rings. The summed E-state index contributed by atoms with van der Waals surface area (Å²) in [6, 6.07) is 0.518. The third kappa shape index (κ3) is 2.84. The van der Waals surface area contributed by atoms with E-state index in [-0.39, 0.29) is 0 Å². The molecule has 0 aromatic carbocycles. The molecule has 0 aliphatic heterocycles. The Morgan fingerprint density at radius 2 is 2.31 bits per heavy atom. The van der Waals surface area contributed by atoms with E-state index in [9.17, 15) is 0 Å². The van der Waals surface area contributed by atoms with Gasteiger partial charge in [0.05, 0.1) is 0 Å². The Morgan fingerprint density at radius 1 is 1.54 bits per heavy atom. The van der Waals surface area contributed by atoms with E-state index < -0.39 is 0 Å². The van der Waals surface area contributed by atoms with Gasteiger partial charge in [0.25, 0.3) is 0 Å². The highest BCUT2D eigenvalue weighted by Gasteiger charge is 2.04. The molecule has 1 rings (SSSR count). The molecule has 1 unspecified atom stereocenters. The lowest BCUT2D eigenvalue weighted by Crippen LogP contribution is -2.30. The predicted molar refractivity (Wildman–Crippen MR) is 54.7 cm³/mol. The minimum Gasteiger partial charge on any atom is -0.333 e. The maximum Gasteiger partial charge on any atom is 0.108 e. The second kappa shape index (κ2) is 5.02. The summed E-state index contributed by atoms with van der Waals surface area (Å²) in [7, 11) is 0. The van der Waals surface area contributed by atoms with Gasteiger partial charge in [-0.1, -0.05) is 13.8 Å². The molecule has 1 atom stereocenters. The molecule has 3 nitrogen and oxygen atoms in total. The third-order valence-corrected chi connectivity index (χ3v) is 2.14. The summed E-state index contributed by atoms with van der Waals surface area (Å²) in [5.74, 6) is 1.17. The fourth-order valence-corrected chi connectivity index (χ4v) is 1.53. The number of aromatic nitrogens is 2. The monoisotopic (exact) mass is 181 g/mol. The molecule has 1 N–H and O–H groups in total. The van der Waals surface area contributed by atoms with Gasteiger partial charge in [0.2, 0.25) is 0 Å². The Bertz CT molecular complexity index is 242. The molecule has 0 amide bonds. The van der Waals surface area contributed by atoms with Crippen molar-refractivity contribution in [2.45, 2.75) is 39.8 Å². The van der Waals surface area contributed by atoms with Gasteiger partial charge >= 0.3 is 0 Å². The molecule has 0 saturated carbocycles. The van der Waals surface area contributed by atoms with Crippen LogP contribution in [0.4, 0.5) is 0 Å². The quantitative estimate of drug-likeness (QED) is 0.745. The molecule has 1 heterocycles. The minimum atomic E-state index is 0.518. The van der Waals surface area contributed by atoms with E-state index in [1.54, 1.807) is 0 Å². The van der Waals surface area contributed by atoms with Crippen LogP contribution in [0.25, 0.3) is 0 Å². The first-order valence-corrected chi connectivity index (χ1v) is 5.01. The van der Waals surface area contributed by atoms with Crippen LogP contribution in [0.2, 0.25) is 0 Å². The molecule has 0 saturated heterocycles. The van der Waals surface area contributed by atoms with Gasteiger partial charge in [0.15, 0.2) is 0 Å². The fraction of sp³-hybridized carbons (Fsp3) is 0.700. The number of aryl methyl sites for hydroxylation is 1. The second-order valence-electron chi connectivity index (χ2n) is 3.31. The predicted octanol–water partition coefficient (Wildman–Crippen LogP) is 1.44. The van der Waals surface area contributed by atoms with Crippen molar-refractivity contribution in [3.05, 3.63) is 18.2 Å². The maximum absolute atomic E-state index is 4.28. The van der Waals surface area contributed by atoms with Crippen LogP contribution in [0.3, 0.4) is 0 Å². The average Bonchev–Trinajstić information content (AvgIpc) is 2.52. The van der Waals surface area contributed by atoms with Crippen molar-refractivity contribution >= 4 is 0 Å². The summed E-state index contributed by atoms with van der Waals surface area (Å²) < 4.78 is 2.22. The largest absolute Gasteiger partial charge is 0.333 e. The zero-order valence-electron chi connectivity index (χ0n) is 8.75. The molecule has 1 aromatic rings. The zero-order valence-corrected chi connectivity index (χ0v) is 8.75. The van der Waals surface area contributed by atoms with E-state index in [2.05, 4.69) is 35.6 Å². The SMILES string of the molecule is CCNC(C)Cn1ccnc1CC. The average molecular weight is 181 g/mol. The first kappa shape index (κ1) is 10.3. The Morgan fingerprint density at radius 3 is 2.92 bits per heavy atom. The summed E-state index contributed by atoms with van der Waals surface area (Å²) >= 11 is 0. The van der Waals surface area contributed by atoms with Crippen molar-refractivity contribution in [3.8, 4) is 0 Å². The fourth-order valence-electron chi connectivity index (χ4n) is 1.53. The number of nitrogens with zero attached hydrogens (tertiary/aromatic N) is 2. The van der Waals surface area contributed by atoms with Gasteiger partial charge in [-0.25, -0.2) is 4.98 Å². The zero-order chi connectivity index (χ0) is 9.68. The molecule has 0 radical (unpaired) electrons. The van der Waals surface area contributed by atoms with Crippen molar-refractivity contribution in [1.29, 1.82) is 0 Å².